The van der Waals surface area contributed by atoms with Gasteiger partial charge in [-0.1, -0.05) is 25.1 Å². The van der Waals surface area contributed by atoms with E-state index in [0.29, 0.717) is 11.8 Å². The molecule has 108 valence electrons. The van der Waals surface area contributed by atoms with E-state index in [2.05, 4.69) is 49.6 Å². The zero-order valence-corrected chi connectivity index (χ0v) is 12.6. The summed E-state index contributed by atoms with van der Waals surface area (Å²) in [5, 5.41) is 8.73. The Kier molecular flexibility index (Phi) is 4.58. The number of rotatable bonds is 6. The monoisotopic (exact) mass is 274 g/mol. The average molecular weight is 274 g/mol. The minimum Gasteiger partial charge on any atom is -0.481 e. The Hall–Kier alpha value is -1.64. The Morgan fingerprint density at radius 3 is 2.75 bits per heavy atom. The predicted octanol–water partition coefficient (Wildman–Crippen LogP) is 3.80. The van der Waals surface area contributed by atoms with Gasteiger partial charge < -0.3 is 5.11 Å². The first-order valence-electron chi connectivity index (χ1n) is 7.42. The topological polar surface area (TPSA) is 40.3 Å². The van der Waals surface area contributed by atoms with Crippen LogP contribution < -0.4 is 0 Å². The molecule has 0 aliphatic carbocycles. The summed E-state index contributed by atoms with van der Waals surface area (Å²) >= 11 is 0. The lowest BCUT2D eigenvalue weighted by Gasteiger charge is -2.08. The summed E-state index contributed by atoms with van der Waals surface area (Å²) in [5.74, 6) is 0.238. The number of hydrogen-bond donors (Lipinski definition) is 1. The lowest BCUT2D eigenvalue weighted by Crippen LogP contribution is -2.15. The summed E-state index contributed by atoms with van der Waals surface area (Å²) in [7, 11) is 0. The van der Waals surface area contributed by atoms with Gasteiger partial charge >= 0.3 is 5.97 Å². The lowest BCUT2D eigenvalue weighted by atomic mass is 9.99. The third-order valence-electron chi connectivity index (χ3n) is 4.44. The van der Waals surface area contributed by atoms with Crippen LogP contribution in [-0.4, -0.2) is 27.9 Å². The second kappa shape index (κ2) is 6.21. The number of carboxylic acid groups (broad SMARTS) is 1. The van der Waals surface area contributed by atoms with Crippen LogP contribution in [-0.2, 0) is 4.79 Å². The Morgan fingerprint density at radius 2 is 2.05 bits per heavy atom. The fraction of sp³-hybridized carbons (Fsp3) is 0.529. The van der Waals surface area contributed by atoms with Crippen molar-refractivity contribution in [1.29, 1.82) is 0 Å². The molecule has 3 heteroatoms. The van der Waals surface area contributed by atoms with Crippen molar-refractivity contribution >= 4 is 17.4 Å². The van der Waals surface area contributed by atoms with Crippen molar-refractivity contribution in [2.75, 3.05) is 6.54 Å². The summed E-state index contributed by atoms with van der Waals surface area (Å²) in [6, 6.07) is 8.58. The van der Waals surface area contributed by atoms with Crippen LogP contribution >= 0.6 is 0 Å². The van der Waals surface area contributed by atoms with Gasteiger partial charge in [0.15, 0.2) is 5.71 Å². The van der Waals surface area contributed by atoms with Gasteiger partial charge in [0.2, 0.25) is 5.69 Å². The van der Waals surface area contributed by atoms with E-state index in [1.165, 1.54) is 17.0 Å². The first-order chi connectivity index (χ1) is 9.50. The van der Waals surface area contributed by atoms with Crippen LogP contribution in [0.2, 0.25) is 0 Å². The number of para-hydroxylation sites is 1. The number of hydrogen-bond acceptors (Lipinski definition) is 1. The molecule has 0 saturated carbocycles. The van der Waals surface area contributed by atoms with E-state index in [1.807, 2.05) is 0 Å². The normalized spacial score (nSPS) is 19.1. The minimum atomic E-state index is -0.695. The number of fused-ring (bicyclic) bond motifs is 1. The molecule has 3 nitrogen and oxygen atoms in total. The molecule has 0 saturated heterocycles. The largest absolute Gasteiger partial charge is 0.481 e. The highest BCUT2D eigenvalue weighted by atomic mass is 16.4. The van der Waals surface area contributed by atoms with Gasteiger partial charge in [-0.3, -0.25) is 4.79 Å². The van der Waals surface area contributed by atoms with Gasteiger partial charge in [-0.2, -0.15) is 4.58 Å². The van der Waals surface area contributed by atoms with E-state index in [4.69, 9.17) is 5.11 Å². The van der Waals surface area contributed by atoms with Crippen LogP contribution in [0.15, 0.2) is 24.3 Å². The van der Waals surface area contributed by atoms with Gasteiger partial charge in [-0.15, -0.1) is 0 Å². The molecule has 0 bridgehead atoms. The zero-order valence-electron chi connectivity index (χ0n) is 12.6. The van der Waals surface area contributed by atoms with Gasteiger partial charge in [-0.25, -0.2) is 0 Å². The number of carboxylic acids is 1. The van der Waals surface area contributed by atoms with Crippen molar-refractivity contribution in [2.45, 2.75) is 46.0 Å². The van der Waals surface area contributed by atoms with Gasteiger partial charge in [0.25, 0.3) is 0 Å². The summed E-state index contributed by atoms with van der Waals surface area (Å²) in [6.45, 7) is 7.58. The van der Waals surface area contributed by atoms with E-state index < -0.39 is 5.97 Å². The van der Waals surface area contributed by atoms with E-state index in [9.17, 15) is 4.79 Å². The highest BCUT2D eigenvalue weighted by molar-refractivity contribution is 5.89. The minimum absolute atomic E-state index is 0.275. The number of nitrogens with zero attached hydrogens (tertiary/aromatic N) is 1. The Balaban J connectivity index is 2.01. The maximum atomic E-state index is 10.6. The summed E-state index contributed by atoms with van der Waals surface area (Å²) in [5.41, 5.74) is 4.13. The molecule has 1 aliphatic rings. The lowest BCUT2D eigenvalue weighted by molar-refractivity contribution is -0.440. The highest BCUT2D eigenvalue weighted by Gasteiger charge is 2.32. The van der Waals surface area contributed by atoms with E-state index in [1.54, 1.807) is 0 Å². The molecule has 2 atom stereocenters. The third kappa shape index (κ3) is 3.09. The van der Waals surface area contributed by atoms with Crippen LogP contribution in [0.3, 0.4) is 0 Å². The third-order valence-corrected chi connectivity index (χ3v) is 4.44. The van der Waals surface area contributed by atoms with E-state index in [-0.39, 0.29) is 6.42 Å². The molecular formula is C17H24NO2+. The van der Waals surface area contributed by atoms with Crippen molar-refractivity contribution in [3.8, 4) is 0 Å². The molecular weight excluding hydrogens is 250 g/mol. The fourth-order valence-electron chi connectivity index (χ4n) is 2.91. The molecule has 2 rings (SSSR count). The maximum absolute atomic E-state index is 10.6. The van der Waals surface area contributed by atoms with Gasteiger partial charge in [0.1, 0.15) is 6.54 Å². The second-order valence-electron chi connectivity index (χ2n) is 5.90. The molecule has 0 radical (unpaired) electrons. The van der Waals surface area contributed by atoms with Crippen molar-refractivity contribution in [2.24, 2.45) is 5.92 Å². The Morgan fingerprint density at radius 1 is 1.35 bits per heavy atom. The number of aliphatic carboxylic acids is 1. The SMILES string of the molecule is CC1=[N+](CCC(C)CCC(=O)O)c2ccccc2C1C. The van der Waals surface area contributed by atoms with Crippen LogP contribution in [0.5, 0.6) is 0 Å². The number of carbonyl (C=O) groups is 1. The summed E-state index contributed by atoms with van der Waals surface area (Å²) in [4.78, 5) is 10.6. The quantitative estimate of drug-likeness (QED) is 0.801. The Labute approximate surface area is 121 Å². The molecule has 1 N–H and O–H groups in total. The molecule has 0 amide bonds. The molecule has 0 fully saturated rings. The first-order valence-corrected chi connectivity index (χ1v) is 7.42. The van der Waals surface area contributed by atoms with E-state index >= 15 is 0 Å². The molecule has 1 aliphatic heterocycles. The van der Waals surface area contributed by atoms with Crippen molar-refractivity contribution < 1.29 is 14.5 Å². The van der Waals surface area contributed by atoms with E-state index in [0.717, 1.165) is 19.4 Å². The van der Waals surface area contributed by atoms with Gasteiger partial charge in [-0.05, 0) is 19.3 Å². The van der Waals surface area contributed by atoms with Crippen LogP contribution in [0.1, 0.15) is 51.5 Å². The van der Waals surface area contributed by atoms with Crippen molar-refractivity contribution in [3.05, 3.63) is 29.8 Å². The van der Waals surface area contributed by atoms with Gasteiger partial charge in [0, 0.05) is 31.4 Å². The van der Waals surface area contributed by atoms with Crippen LogP contribution in [0.25, 0.3) is 0 Å². The van der Waals surface area contributed by atoms with Gasteiger partial charge in [0.05, 0.1) is 5.92 Å². The predicted molar refractivity (Wildman–Crippen MR) is 81.0 cm³/mol. The average Bonchev–Trinajstić information content (AvgIpc) is 2.67. The molecule has 0 aromatic heterocycles. The fourth-order valence-corrected chi connectivity index (χ4v) is 2.91. The Bertz CT molecular complexity index is 534. The summed E-state index contributed by atoms with van der Waals surface area (Å²) in [6.07, 6.45) is 2.07. The molecule has 1 aromatic rings. The second-order valence-corrected chi connectivity index (χ2v) is 5.90. The van der Waals surface area contributed by atoms with Crippen molar-refractivity contribution in [1.82, 2.24) is 0 Å². The van der Waals surface area contributed by atoms with Crippen LogP contribution in [0.4, 0.5) is 5.69 Å². The molecule has 1 heterocycles. The summed E-state index contributed by atoms with van der Waals surface area (Å²) < 4.78 is 2.40. The molecule has 0 spiro atoms. The maximum Gasteiger partial charge on any atom is 0.303 e. The number of benzene rings is 1. The zero-order chi connectivity index (χ0) is 14.7. The van der Waals surface area contributed by atoms with Crippen LogP contribution in [0, 0.1) is 5.92 Å². The standard InChI is InChI=1S/C17H23NO2/c1-12(8-9-17(19)20)10-11-18-14(3)13(2)15-6-4-5-7-16(15)18/h4-7,12-13H,8-11H2,1-3H3/p+1. The molecule has 2 unspecified atom stereocenters. The molecule has 20 heavy (non-hydrogen) atoms. The van der Waals surface area contributed by atoms with Crippen molar-refractivity contribution in [3.63, 3.8) is 0 Å². The first kappa shape index (κ1) is 14.8. The highest BCUT2D eigenvalue weighted by Crippen LogP contribution is 2.34. The smallest absolute Gasteiger partial charge is 0.303 e. The molecule has 1 aromatic carbocycles.